The van der Waals surface area contributed by atoms with Gasteiger partial charge in [0.05, 0.1) is 0 Å². The molecule has 0 saturated heterocycles. The van der Waals surface area contributed by atoms with Crippen LogP contribution >= 0.6 is 0 Å². The Labute approximate surface area is 89.0 Å². The average Bonchev–Trinajstić information content (AvgIpc) is 2.13. The quantitative estimate of drug-likeness (QED) is 0.678. The van der Waals surface area contributed by atoms with Crippen LogP contribution in [0.1, 0.15) is 39.5 Å². The predicted molar refractivity (Wildman–Crippen MR) is 53.3 cm³/mol. The molecule has 0 aliphatic carbocycles. The lowest BCUT2D eigenvalue weighted by Gasteiger charge is -2.23. The van der Waals surface area contributed by atoms with Crippen LogP contribution in [-0.2, 0) is 4.74 Å². The zero-order valence-electron chi connectivity index (χ0n) is 9.31. The zero-order chi connectivity index (χ0) is 11.9. The molecule has 0 aliphatic heterocycles. The third-order valence-electron chi connectivity index (χ3n) is 2.22. The second-order valence-electron chi connectivity index (χ2n) is 3.73. The molecule has 0 aromatic rings. The van der Waals surface area contributed by atoms with Gasteiger partial charge in [-0.2, -0.15) is 13.2 Å². The molecule has 2 N–H and O–H groups in total. The molecule has 0 amide bonds. The fourth-order valence-electron chi connectivity index (χ4n) is 1.54. The van der Waals surface area contributed by atoms with Gasteiger partial charge in [-0.25, -0.2) is 0 Å². The first-order valence-electron chi connectivity index (χ1n) is 5.34. The van der Waals surface area contributed by atoms with Crippen molar-refractivity contribution in [1.29, 1.82) is 0 Å². The summed E-state index contributed by atoms with van der Waals surface area (Å²) >= 11 is 0. The Hall–Kier alpha value is -0.290. The van der Waals surface area contributed by atoms with Gasteiger partial charge in [0.2, 0.25) is 0 Å². The van der Waals surface area contributed by atoms with E-state index in [4.69, 9.17) is 5.73 Å². The lowest BCUT2D eigenvalue weighted by molar-refractivity contribution is -0.190. The van der Waals surface area contributed by atoms with Gasteiger partial charge in [0.1, 0.15) is 12.8 Å². The van der Waals surface area contributed by atoms with E-state index < -0.39 is 19.0 Å². The minimum absolute atomic E-state index is 0.0300. The monoisotopic (exact) mass is 227 g/mol. The smallest absolute Gasteiger partial charge is 0.354 e. The van der Waals surface area contributed by atoms with E-state index >= 15 is 0 Å². The van der Waals surface area contributed by atoms with Gasteiger partial charge in [-0.3, -0.25) is 0 Å². The lowest BCUT2D eigenvalue weighted by Crippen LogP contribution is -2.36. The van der Waals surface area contributed by atoms with Gasteiger partial charge in [-0.1, -0.05) is 26.7 Å². The SMILES string of the molecule is CCCC(CCC)C(N)OCC(F)(F)F. The van der Waals surface area contributed by atoms with Crippen LogP contribution in [0.25, 0.3) is 0 Å². The lowest BCUT2D eigenvalue weighted by atomic mass is 9.97. The molecule has 0 aromatic carbocycles. The summed E-state index contributed by atoms with van der Waals surface area (Å²) in [5, 5.41) is 0. The standard InChI is InChI=1S/C10H20F3NO/c1-3-5-8(6-4-2)9(14)15-7-10(11,12)13/h8-9H,3-7,14H2,1-2H3. The summed E-state index contributed by atoms with van der Waals surface area (Å²) in [7, 11) is 0. The van der Waals surface area contributed by atoms with Gasteiger partial charge in [-0.05, 0) is 18.8 Å². The van der Waals surface area contributed by atoms with Crippen LogP contribution in [0, 0.1) is 5.92 Å². The van der Waals surface area contributed by atoms with Crippen LogP contribution in [0.5, 0.6) is 0 Å². The van der Waals surface area contributed by atoms with Gasteiger partial charge >= 0.3 is 6.18 Å². The highest BCUT2D eigenvalue weighted by Gasteiger charge is 2.30. The maximum absolute atomic E-state index is 11.9. The molecule has 0 bridgehead atoms. The molecule has 0 fully saturated rings. The second kappa shape index (κ2) is 7.06. The first kappa shape index (κ1) is 14.7. The normalized spacial score (nSPS) is 14.6. The van der Waals surface area contributed by atoms with Crippen LogP contribution in [0.15, 0.2) is 0 Å². The molecule has 0 aliphatic rings. The maximum Gasteiger partial charge on any atom is 0.411 e. The van der Waals surface area contributed by atoms with E-state index in [0.29, 0.717) is 0 Å². The van der Waals surface area contributed by atoms with E-state index in [1.807, 2.05) is 13.8 Å². The van der Waals surface area contributed by atoms with Crippen LogP contribution in [0.4, 0.5) is 13.2 Å². The Kier molecular flexibility index (Phi) is 6.92. The summed E-state index contributed by atoms with van der Waals surface area (Å²) in [5.41, 5.74) is 5.58. The summed E-state index contributed by atoms with van der Waals surface area (Å²) in [6, 6.07) is 0. The number of halogens is 3. The predicted octanol–water partition coefficient (Wildman–Crippen LogP) is 3.07. The molecule has 0 spiro atoms. The molecule has 5 heteroatoms. The molecule has 1 atom stereocenters. The first-order chi connectivity index (χ1) is 6.90. The maximum atomic E-state index is 11.9. The number of ether oxygens (including phenoxy) is 1. The zero-order valence-corrected chi connectivity index (χ0v) is 9.31. The summed E-state index contributed by atoms with van der Waals surface area (Å²) in [6.07, 6.45) is -1.64. The molecule has 0 saturated carbocycles. The number of nitrogens with two attached hydrogens (primary N) is 1. The third-order valence-corrected chi connectivity index (χ3v) is 2.22. The summed E-state index contributed by atoms with van der Waals surface area (Å²) in [6.45, 7) is 2.72. The van der Waals surface area contributed by atoms with Gasteiger partial charge in [0, 0.05) is 0 Å². The van der Waals surface area contributed by atoms with Crippen LogP contribution in [0.2, 0.25) is 0 Å². The Bertz CT molecular complexity index is 155. The van der Waals surface area contributed by atoms with Crippen molar-refractivity contribution in [1.82, 2.24) is 0 Å². The van der Waals surface area contributed by atoms with E-state index in [-0.39, 0.29) is 5.92 Å². The second-order valence-corrected chi connectivity index (χ2v) is 3.73. The van der Waals surface area contributed by atoms with Crippen molar-refractivity contribution in [2.24, 2.45) is 11.7 Å². The van der Waals surface area contributed by atoms with Crippen molar-refractivity contribution in [3.8, 4) is 0 Å². The molecule has 2 nitrogen and oxygen atoms in total. The number of hydrogen-bond donors (Lipinski definition) is 1. The highest BCUT2D eigenvalue weighted by atomic mass is 19.4. The fraction of sp³-hybridized carbons (Fsp3) is 1.00. The molecule has 0 rings (SSSR count). The minimum Gasteiger partial charge on any atom is -0.354 e. The van der Waals surface area contributed by atoms with Crippen molar-refractivity contribution in [3.05, 3.63) is 0 Å². The first-order valence-corrected chi connectivity index (χ1v) is 5.34. The Morgan fingerprint density at radius 3 is 1.93 bits per heavy atom. The Morgan fingerprint density at radius 1 is 1.13 bits per heavy atom. The van der Waals surface area contributed by atoms with Gasteiger partial charge in [0.15, 0.2) is 0 Å². The van der Waals surface area contributed by atoms with E-state index in [9.17, 15) is 13.2 Å². The highest BCUT2D eigenvalue weighted by Crippen LogP contribution is 2.20. The van der Waals surface area contributed by atoms with E-state index in [1.54, 1.807) is 0 Å². The molecule has 1 unspecified atom stereocenters. The molecular weight excluding hydrogens is 207 g/mol. The topological polar surface area (TPSA) is 35.2 Å². The van der Waals surface area contributed by atoms with Crippen molar-refractivity contribution in [2.75, 3.05) is 6.61 Å². The highest BCUT2D eigenvalue weighted by molar-refractivity contribution is 4.65. The van der Waals surface area contributed by atoms with Gasteiger partial charge in [-0.15, -0.1) is 0 Å². The number of hydrogen-bond acceptors (Lipinski definition) is 2. The van der Waals surface area contributed by atoms with E-state index in [1.165, 1.54) is 0 Å². The molecule has 15 heavy (non-hydrogen) atoms. The Balaban J connectivity index is 3.96. The third kappa shape index (κ3) is 7.62. The average molecular weight is 227 g/mol. The van der Waals surface area contributed by atoms with E-state index in [0.717, 1.165) is 25.7 Å². The number of rotatable bonds is 7. The number of alkyl halides is 3. The van der Waals surface area contributed by atoms with Crippen molar-refractivity contribution >= 4 is 0 Å². The van der Waals surface area contributed by atoms with Crippen LogP contribution < -0.4 is 5.73 Å². The Morgan fingerprint density at radius 2 is 1.60 bits per heavy atom. The molecule has 0 heterocycles. The van der Waals surface area contributed by atoms with Crippen molar-refractivity contribution in [3.63, 3.8) is 0 Å². The minimum atomic E-state index is -4.29. The molecule has 0 radical (unpaired) electrons. The van der Waals surface area contributed by atoms with Crippen LogP contribution in [-0.4, -0.2) is 19.0 Å². The van der Waals surface area contributed by atoms with Crippen molar-refractivity contribution < 1.29 is 17.9 Å². The summed E-state index contributed by atoms with van der Waals surface area (Å²) < 4.78 is 40.2. The van der Waals surface area contributed by atoms with Crippen LogP contribution in [0.3, 0.4) is 0 Å². The molecule has 0 aromatic heterocycles. The van der Waals surface area contributed by atoms with Gasteiger partial charge < -0.3 is 10.5 Å². The van der Waals surface area contributed by atoms with E-state index in [2.05, 4.69) is 4.74 Å². The van der Waals surface area contributed by atoms with Crippen molar-refractivity contribution in [2.45, 2.75) is 51.9 Å². The summed E-state index contributed by atoms with van der Waals surface area (Å²) in [5.74, 6) is 0.0300. The fourth-order valence-corrected chi connectivity index (χ4v) is 1.54. The summed E-state index contributed by atoms with van der Waals surface area (Å²) in [4.78, 5) is 0. The van der Waals surface area contributed by atoms with Gasteiger partial charge in [0.25, 0.3) is 0 Å². The molecule has 92 valence electrons. The largest absolute Gasteiger partial charge is 0.411 e. The molecular formula is C10H20F3NO.